The van der Waals surface area contributed by atoms with Gasteiger partial charge in [0.1, 0.15) is 11.5 Å². The molecule has 0 unspecified atom stereocenters. The number of hydrogen-bond acceptors (Lipinski definition) is 6. The maximum absolute atomic E-state index is 5.76. The zero-order valence-corrected chi connectivity index (χ0v) is 12.5. The molecule has 2 aromatic rings. The van der Waals surface area contributed by atoms with Crippen LogP contribution in [-0.4, -0.2) is 25.7 Å². The molecule has 0 spiro atoms. The van der Waals surface area contributed by atoms with Crippen LogP contribution in [0, 0.1) is 0 Å². The van der Waals surface area contributed by atoms with Gasteiger partial charge in [0.05, 0.1) is 12.3 Å². The Morgan fingerprint density at radius 3 is 2.68 bits per heavy atom. The number of aromatic nitrogens is 4. The van der Waals surface area contributed by atoms with Crippen LogP contribution in [0.1, 0.15) is 32.3 Å². The largest absolute Gasteiger partial charge is 0.464 e. The van der Waals surface area contributed by atoms with Gasteiger partial charge in [-0.25, -0.2) is 4.68 Å². The van der Waals surface area contributed by atoms with Crippen LogP contribution in [0.5, 0.6) is 0 Å². The molecule has 1 N–H and O–H groups in total. The van der Waals surface area contributed by atoms with E-state index in [0.717, 1.165) is 29.0 Å². The Kier molecular flexibility index (Phi) is 4.26. The summed E-state index contributed by atoms with van der Waals surface area (Å²) in [5, 5.41) is 15.5. The Morgan fingerprint density at radius 1 is 1.32 bits per heavy atom. The summed E-state index contributed by atoms with van der Waals surface area (Å²) < 4.78 is 7.40. The maximum atomic E-state index is 5.76. The van der Waals surface area contributed by atoms with Crippen molar-refractivity contribution in [2.45, 2.75) is 43.8 Å². The second-order valence-corrected chi connectivity index (χ2v) is 6.29. The fourth-order valence-electron chi connectivity index (χ4n) is 1.43. The average molecular weight is 281 g/mol. The highest BCUT2D eigenvalue weighted by Crippen LogP contribution is 2.21. The number of furan rings is 1. The van der Waals surface area contributed by atoms with E-state index in [1.165, 1.54) is 0 Å². The first-order valence-electron chi connectivity index (χ1n) is 6.12. The van der Waals surface area contributed by atoms with Gasteiger partial charge in [-0.2, -0.15) is 0 Å². The van der Waals surface area contributed by atoms with Crippen LogP contribution >= 0.6 is 11.8 Å². The van der Waals surface area contributed by atoms with Crippen molar-refractivity contribution in [2.24, 2.45) is 7.05 Å². The predicted octanol–water partition coefficient (Wildman–Crippen LogP) is 1.98. The SMILES string of the molecule is Cn1nnnc1SCc1ccc(CNC(C)(C)C)o1. The summed E-state index contributed by atoms with van der Waals surface area (Å²) in [5.41, 5.74) is 0.0893. The molecule has 0 fully saturated rings. The Balaban J connectivity index is 1.86. The molecular formula is C12H19N5OS. The molecule has 0 saturated carbocycles. The lowest BCUT2D eigenvalue weighted by atomic mass is 10.1. The predicted molar refractivity (Wildman–Crippen MR) is 73.7 cm³/mol. The van der Waals surface area contributed by atoms with Crippen molar-refractivity contribution in [3.63, 3.8) is 0 Å². The standard InChI is InChI=1S/C12H19N5OS/c1-12(2,3)13-7-9-5-6-10(18-9)8-19-11-14-15-16-17(11)4/h5-6,13H,7-8H2,1-4H3. The van der Waals surface area contributed by atoms with Crippen LogP contribution < -0.4 is 5.32 Å². The summed E-state index contributed by atoms with van der Waals surface area (Å²) in [5.74, 6) is 2.60. The first kappa shape index (κ1) is 14.1. The molecule has 2 heterocycles. The molecule has 0 saturated heterocycles. The van der Waals surface area contributed by atoms with Crippen LogP contribution in [0.15, 0.2) is 21.7 Å². The highest BCUT2D eigenvalue weighted by molar-refractivity contribution is 7.98. The number of nitrogens with one attached hydrogen (secondary N) is 1. The highest BCUT2D eigenvalue weighted by atomic mass is 32.2. The van der Waals surface area contributed by atoms with Crippen LogP contribution in [0.2, 0.25) is 0 Å². The molecular weight excluding hydrogens is 262 g/mol. The Bertz CT molecular complexity index is 528. The summed E-state index contributed by atoms with van der Waals surface area (Å²) in [6, 6.07) is 4.00. The molecule has 2 rings (SSSR count). The molecule has 7 heteroatoms. The molecule has 0 amide bonds. The number of thioether (sulfide) groups is 1. The summed E-state index contributed by atoms with van der Waals surface area (Å²) in [6.07, 6.45) is 0. The van der Waals surface area contributed by atoms with E-state index in [9.17, 15) is 0 Å². The zero-order chi connectivity index (χ0) is 13.9. The summed E-state index contributed by atoms with van der Waals surface area (Å²) in [4.78, 5) is 0. The van der Waals surface area contributed by atoms with Crippen LogP contribution in [0.4, 0.5) is 0 Å². The van der Waals surface area contributed by atoms with E-state index in [1.807, 2.05) is 19.2 Å². The molecule has 0 aliphatic rings. The average Bonchev–Trinajstić information content (AvgIpc) is 2.92. The molecule has 6 nitrogen and oxygen atoms in total. The number of tetrazole rings is 1. The Labute approximate surface area is 116 Å². The molecule has 0 aliphatic heterocycles. The smallest absolute Gasteiger partial charge is 0.209 e. The van der Waals surface area contributed by atoms with Gasteiger partial charge in [-0.15, -0.1) is 5.10 Å². The summed E-state index contributed by atoms with van der Waals surface area (Å²) in [6.45, 7) is 7.13. The maximum Gasteiger partial charge on any atom is 0.209 e. The molecule has 0 aromatic carbocycles. The molecule has 104 valence electrons. The van der Waals surface area contributed by atoms with E-state index in [4.69, 9.17) is 4.42 Å². The van der Waals surface area contributed by atoms with Crippen molar-refractivity contribution in [1.82, 2.24) is 25.5 Å². The lowest BCUT2D eigenvalue weighted by molar-refractivity contribution is 0.382. The van der Waals surface area contributed by atoms with Crippen LogP contribution in [0.25, 0.3) is 0 Å². The molecule has 19 heavy (non-hydrogen) atoms. The number of aryl methyl sites for hydroxylation is 1. The number of nitrogens with zero attached hydrogens (tertiary/aromatic N) is 4. The zero-order valence-electron chi connectivity index (χ0n) is 11.7. The van der Waals surface area contributed by atoms with E-state index in [2.05, 4.69) is 41.6 Å². The number of rotatable bonds is 5. The molecule has 0 bridgehead atoms. The third-order valence-electron chi connectivity index (χ3n) is 2.44. The third kappa shape index (κ3) is 4.36. The quantitative estimate of drug-likeness (QED) is 0.845. The van der Waals surface area contributed by atoms with Gasteiger partial charge in [-0.05, 0) is 43.3 Å². The van der Waals surface area contributed by atoms with Crippen molar-refractivity contribution in [2.75, 3.05) is 0 Å². The summed E-state index contributed by atoms with van der Waals surface area (Å²) in [7, 11) is 1.82. The van der Waals surface area contributed by atoms with Crippen LogP contribution in [-0.2, 0) is 19.3 Å². The van der Waals surface area contributed by atoms with Crippen LogP contribution in [0.3, 0.4) is 0 Å². The van der Waals surface area contributed by atoms with Crippen molar-refractivity contribution >= 4 is 11.8 Å². The van der Waals surface area contributed by atoms with Gasteiger partial charge in [0.25, 0.3) is 0 Å². The third-order valence-corrected chi connectivity index (χ3v) is 3.47. The fourth-order valence-corrected chi connectivity index (χ4v) is 2.17. The normalized spacial score (nSPS) is 12.0. The molecule has 0 radical (unpaired) electrons. The van der Waals surface area contributed by atoms with E-state index < -0.39 is 0 Å². The fraction of sp³-hybridized carbons (Fsp3) is 0.583. The molecule has 0 aliphatic carbocycles. The van der Waals surface area contributed by atoms with Gasteiger partial charge in [-0.1, -0.05) is 11.8 Å². The Morgan fingerprint density at radius 2 is 2.05 bits per heavy atom. The van der Waals surface area contributed by atoms with E-state index in [1.54, 1.807) is 16.4 Å². The van der Waals surface area contributed by atoms with Crippen molar-refractivity contribution in [3.8, 4) is 0 Å². The van der Waals surface area contributed by atoms with Crippen molar-refractivity contribution in [1.29, 1.82) is 0 Å². The van der Waals surface area contributed by atoms with E-state index in [-0.39, 0.29) is 5.54 Å². The van der Waals surface area contributed by atoms with Crippen molar-refractivity contribution < 1.29 is 4.42 Å². The minimum Gasteiger partial charge on any atom is -0.464 e. The van der Waals surface area contributed by atoms with Gasteiger partial charge in [0.2, 0.25) is 5.16 Å². The minimum atomic E-state index is 0.0893. The monoisotopic (exact) mass is 281 g/mol. The van der Waals surface area contributed by atoms with Gasteiger partial charge < -0.3 is 9.73 Å². The molecule has 0 atom stereocenters. The van der Waals surface area contributed by atoms with Gasteiger partial charge in [-0.3, -0.25) is 0 Å². The first-order valence-corrected chi connectivity index (χ1v) is 7.10. The van der Waals surface area contributed by atoms with Crippen molar-refractivity contribution in [3.05, 3.63) is 23.7 Å². The lowest BCUT2D eigenvalue weighted by Crippen LogP contribution is -2.34. The lowest BCUT2D eigenvalue weighted by Gasteiger charge is -2.19. The second kappa shape index (κ2) is 5.75. The van der Waals surface area contributed by atoms with E-state index in [0.29, 0.717) is 0 Å². The summed E-state index contributed by atoms with van der Waals surface area (Å²) >= 11 is 1.56. The highest BCUT2D eigenvalue weighted by Gasteiger charge is 2.11. The van der Waals surface area contributed by atoms with Gasteiger partial charge in [0.15, 0.2) is 0 Å². The topological polar surface area (TPSA) is 68.8 Å². The van der Waals surface area contributed by atoms with Gasteiger partial charge >= 0.3 is 0 Å². The number of hydrogen-bond donors (Lipinski definition) is 1. The molecule has 2 aromatic heterocycles. The van der Waals surface area contributed by atoms with E-state index >= 15 is 0 Å². The minimum absolute atomic E-state index is 0.0893. The Hall–Kier alpha value is -1.34. The van der Waals surface area contributed by atoms with Gasteiger partial charge in [0, 0.05) is 12.6 Å². The second-order valence-electron chi connectivity index (χ2n) is 5.35. The first-order chi connectivity index (χ1) is 8.94.